The molecule has 0 unspecified atom stereocenters. The summed E-state index contributed by atoms with van der Waals surface area (Å²) >= 11 is 0. The molecule has 0 spiro atoms. The number of oxazole rings is 1. The number of anilines is 1. The second-order valence-corrected chi connectivity index (χ2v) is 3.53. The Morgan fingerprint density at radius 1 is 1.35 bits per heavy atom. The molecule has 1 N–H and O–H groups in total. The molecule has 4 nitrogen and oxygen atoms in total. The lowest BCUT2D eigenvalue weighted by atomic mass is 10.2. The molecule has 88 valence electrons. The maximum atomic E-state index is 12.6. The number of benzene rings is 1. The summed E-state index contributed by atoms with van der Waals surface area (Å²) in [5, 5.41) is 2.67. The summed E-state index contributed by atoms with van der Waals surface area (Å²) < 4.78 is 17.4. The van der Waals surface area contributed by atoms with Crippen molar-refractivity contribution >= 4 is 11.6 Å². The van der Waals surface area contributed by atoms with E-state index in [9.17, 15) is 9.18 Å². The van der Waals surface area contributed by atoms with E-state index >= 15 is 0 Å². The van der Waals surface area contributed by atoms with Gasteiger partial charge in [-0.3, -0.25) is 4.79 Å². The molecule has 0 fully saturated rings. The molecule has 0 aliphatic carbocycles. The van der Waals surface area contributed by atoms with Crippen molar-refractivity contribution in [3.05, 3.63) is 48.4 Å². The van der Waals surface area contributed by atoms with E-state index < -0.39 is 0 Å². The summed E-state index contributed by atoms with van der Waals surface area (Å²) in [6.45, 7) is 0. The van der Waals surface area contributed by atoms with Gasteiger partial charge in [-0.05, 0) is 24.3 Å². The number of hydrogen-bond donors (Lipinski definition) is 1. The minimum absolute atomic E-state index is 0.139. The van der Waals surface area contributed by atoms with Crippen LogP contribution in [0.15, 0.2) is 41.3 Å². The second-order valence-electron chi connectivity index (χ2n) is 3.53. The Kier molecular flexibility index (Phi) is 3.49. The van der Waals surface area contributed by atoms with Crippen molar-refractivity contribution < 1.29 is 13.6 Å². The van der Waals surface area contributed by atoms with Crippen molar-refractivity contribution in [2.45, 2.75) is 12.8 Å². The Bertz CT molecular complexity index is 480. The van der Waals surface area contributed by atoms with Crippen LogP contribution in [0.5, 0.6) is 0 Å². The Hall–Kier alpha value is -2.17. The Labute approximate surface area is 97.5 Å². The molecule has 1 amide bonds. The number of carbonyl (C=O) groups excluding carboxylic acids is 1. The van der Waals surface area contributed by atoms with Crippen LogP contribution in [0.3, 0.4) is 0 Å². The Morgan fingerprint density at radius 3 is 2.76 bits per heavy atom. The lowest BCUT2D eigenvalue weighted by Gasteiger charge is -2.03. The summed E-state index contributed by atoms with van der Waals surface area (Å²) in [6, 6.07) is 5.63. The minimum atomic E-state index is -0.328. The molecule has 1 heterocycles. The van der Waals surface area contributed by atoms with E-state index in [1.165, 1.54) is 36.9 Å². The fourth-order valence-corrected chi connectivity index (χ4v) is 1.36. The molecule has 0 bridgehead atoms. The van der Waals surface area contributed by atoms with Gasteiger partial charge in [-0.1, -0.05) is 0 Å². The zero-order chi connectivity index (χ0) is 12.1. The third kappa shape index (κ3) is 3.41. The molecule has 0 aliphatic rings. The van der Waals surface area contributed by atoms with Crippen LogP contribution >= 0.6 is 0 Å². The molecule has 0 saturated carbocycles. The van der Waals surface area contributed by atoms with Crippen LogP contribution in [-0.2, 0) is 11.2 Å². The number of halogens is 1. The first kappa shape index (κ1) is 11.3. The van der Waals surface area contributed by atoms with E-state index in [1.54, 1.807) is 0 Å². The van der Waals surface area contributed by atoms with Gasteiger partial charge in [0.1, 0.15) is 12.1 Å². The molecule has 17 heavy (non-hydrogen) atoms. The molecule has 5 heteroatoms. The Balaban J connectivity index is 1.83. The third-order valence-electron chi connectivity index (χ3n) is 2.22. The van der Waals surface area contributed by atoms with Gasteiger partial charge in [0, 0.05) is 18.5 Å². The van der Waals surface area contributed by atoms with Crippen LogP contribution < -0.4 is 5.32 Å². The van der Waals surface area contributed by atoms with Crippen LogP contribution in [0, 0.1) is 5.82 Å². The highest BCUT2D eigenvalue weighted by atomic mass is 19.1. The van der Waals surface area contributed by atoms with Crippen LogP contribution in [0.4, 0.5) is 10.1 Å². The first-order valence-corrected chi connectivity index (χ1v) is 5.16. The maximum Gasteiger partial charge on any atom is 0.224 e. The van der Waals surface area contributed by atoms with E-state index in [2.05, 4.69) is 10.3 Å². The Morgan fingerprint density at radius 2 is 2.12 bits per heavy atom. The zero-order valence-electron chi connectivity index (χ0n) is 9.02. The van der Waals surface area contributed by atoms with Gasteiger partial charge in [0.25, 0.3) is 0 Å². The SMILES string of the molecule is O=C(CCc1cocn1)Nc1ccc(F)cc1. The highest BCUT2D eigenvalue weighted by Gasteiger charge is 2.04. The molecular formula is C12H11FN2O2. The smallest absolute Gasteiger partial charge is 0.224 e. The molecule has 1 aromatic heterocycles. The fraction of sp³-hybridized carbons (Fsp3) is 0.167. The van der Waals surface area contributed by atoms with Crippen LogP contribution in [0.1, 0.15) is 12.1 Å². The number of carbonyl (C=O) groups is 1. The van der Waals surface area contributed by atoms with E-state index in [0.717, 1.165) is 5.69 Å². The van der Waals surface area contributed by atoms with Gasteiger partial charge in [0.2, 0.25) is 5.91 Å². The van der Waals surface area contributed by atoms with E-state index in [4.69, 9.17) is 4.42 Å². The van der Waals surface area contributed by atoms with Crippen molar-refractivity contribution in [3.63, 3.8) is 0 Å². The van der Waals surface area contributed by atoms with Crippen molar-refractivity contribution in [2.24, 2.45) is 0 Å². The molecule has 0 aliphatic heterocycles. The zero-order valence-corrected chi connectivity index (χ0v) is 9.02. The van der Waals surface area contributed by atoms with Crippen molar-refractivity contribution in [3.8, 4) is 0 Å². The number of aryl methyl sites for hydroxylation is 1. The van der Waals surface area contributed by atoms with Gasteiger partial charge in [-0.2, -0.15) is 0 Å². The lowest BCUT2D eigenvalue weighted by Crippen LogP contribution is -2.12. The monoisotopic (exact) mass is 234 g/mol. The number of amides is 1. The third-order valence-corrected chi connectivity index (χ3v) is 2.22. The average molecular weight is 234 g/mol. The summed E-state index contributed by atoms with van der Waals surface area (Å²) in [7, 11) is 0. The van der Waals surface area contributed by atoms with Crippen LogP contribution in [0.25, 0.3) is 0 Å². The van der Waals surface area contributed by atoms with Crippen molar-refractivity contribution in [1.82, 2.24) is 4.98 Å². The number of aromatic nitrogens is 1. The second kappa shape index (κ2) is 5.25. The molecule has 2 rings (SSSR count). The van der Waals surface area contributed by atoms with Crippen LogP contribution in [0.2, 0.25) is 0 Å². The summed E-state index contributed by atoms with van der Waals surface area (Å²) in [5.74, 6) is -0.467. The van der Waals surface area contributed by atoms with Gasteiger partial charge >= 0.3 is 0 Å². The predicted octanol–water partition coefficient (Wildman–Crippen LogP) is 2.39. The molecule has 2 aromatic rings. The van der Waals surface area contributed by atoms with Crippen LogP contribution in [-0.4, -0.2) is 10.9 Å². The molecular weight excluding hydrogens is 223 g/mol. The summed E-state index contributed by atoms with van der Waals surface area (Å²) in [6.07, 6.45) is 3.66. The lowest BCUT2D eigenvalue weighted by molar-refractivity contribution is -0.116. The average Bonchev–Trinajstić information content (AvgIpc) is 2.83. The fourth-order valence-electron chi connectivity index (χ4n) is 1.36. The molecule has 1 aromatic carbocycles. The summed E-state index contributed by atoms with van der Waals surface area (Å²) in [5.41, 5.74) is 1.32. The van der Waals surface area contributed by atoms with Gasteiger partial charge in [-0.15, -0.1) is 0 Å². The first-order chi connectivity index (χ1) is 8.24. The standard InChI is InChI=1S/C12H11FN2O2/c13-9-1-3-10(4-2-9)15-12(16)6-5-11-7-17-8-14-11/h1-4,7-8H,5-6H2,(H,15,16). The van der Waals surface area contributed by atoms with Gasteiger partial charge in [-0.25, -0.2) is 9.37 Å². The maximum absolute atomic E-state index is 12.6. The van der Waals surface area contributed by atoms with Gasteiger partial charge in [0.15, 0.2) is 6.39 Å². The predicted molar refractivity (Wildman–Crippen MR) is 59.9 cm³/mol. The molecule has 0 saturated heterocycles. The van der Waals surface area contributed by atoms with Crippen molar-refractivity contribution in [2.75, 3.05) is 5.32 Å². The van der Waals surface area contributed by atoms with Gasteiger partial charge in [0.05, 0.1) is 5.69 Å². The number of nitrogens with zero attached hydrogens (tertiary/aromatic N) is 1. The number of hydrogen-bond acceptors (Lipinski definition) is 3. The minimum Gasteiger partial charge on any atom is -0.451 e. The largest absolute Gasteiger partial charge is 0.451 e. The topological polar surface area (TPSA) is 55.1 Å². The number of rotatable bonds is 4. The highest BCUT2D eigenvalue weighted by molar-refractivity contribution is 5.90. The van der Waals surface area contributed by atoms with E-state index in [-0.39, 0.29) is 11.7 Å². The van der Waals surface area contributed by atoms with Gasteiger partial charge < -0.3 is 9.73 Å². The normalized spacial score (nSPS) is 10.2. The van der Waals surface area contributed by atoms with E-state index in [0.29, 0.717) is 18.5 Å². The molecule has 0 radical (unpaired) electrons. The quantitative estimate of drug-likeness (QED) is 0.883. The summed E-state index contributed by atoms with van der Waals surface area (Å²) in [4.78, 5) is 15.4. The number of nitrogens with one attached hydrogen (secondary N) is 1. The highest BCUT2D eigenvalue weighted by Crippen LogP contribution is 2.09. The van der Waals surface area contributed by atoms with E-state index in [1.807, 2.05) is 0 Å². The molecule has 0 atom stereocenters. The van der Waals surface area contributed by atoms with Crippen molar-refractivity contribution in [1.29, 1.82) is 0 Å². The first-order valence-electron chi connectivity index (χ1n) is 5.16.